The van der Waals surface area contributed by atoms with Crippen molar-refractivity contribution in [3.05, 3.63) is 35.4 Å². The van der Waals surface area contributed by atoms with Gasteiger partial charge in [0.25, 0.3) is 0 Å². The zero-order chi connectivity index (χ0) is 14.7. The second kappa shape index (κ2) is 6.40. The largest absolute Gasteiger partial charge is 0.481 e. The molecule has 1 aliphatic heterocycles. The fourth-order valence-corrected chi connectivity index (χ4v) is 2.89. The van der Waals surface area contributed by atoms with Crippen LogP contribution in [-0.4, -0.2) is 28.6 Å². The van der Waals surface area contributed by atoms with Gasteiger partial charge >= 0.3 is 5.97 Å². The van der Waals surface area contributed by atoms with Gasteiger partial charge in [0.15, 0.2) is 0 Å². The van der Waals surface area contributed by atoms with E-state index < -0.39 is 11.9 Å². The van der Waals surface area contributed by atoms with Crippen molar-refractivity contribution in [2.24, 2.45) is 5.92 Å². The highest BCUT2D eigenvalue weighted by molar-refractivity contribution is 5.75. The lowest BCUT2D eigenvalue weighted by Gasteiger charge is -2.36. The Balaban J connectivity index is 2.01. The molecule has 0 amide bonds. The Morgan fingerprint density at radius 2 is 1.95 bits per heavy atom. The van der Waals surface area contributed by atoms with Gasteiger partial charge in [-0.2, -0.15) is 0 Å². The molecule has 3 heteroatoms. The highest BCUT2D eigenvalue weighted by atomic mass is 16.4. The molecule has 0 aromatic heterocycles. The number of nitrogens with zero attached hydrogens (tertiary/aromatic N) is 1. The summed E-state index contributed by atoms with van der Waals surface area (Å²) in [5.74, 6) is -0.424. The van der Waals surface area contributed by atoms with Gasteiger partial charge in [0.1, 0.15) is 0 Å². The van der Waals surface area contributed by atoms with E-state index in [1.807, 2.05) is 12.1 Å². The van der Waals surface area contributed by atoms with Crippen molar-refractivity contribution in [3.8, 4) is 0 Å². The Morgan fingerprint density at radius 1 is 1.30 bits per heavy atom. The van der Waals surface area contributed by atoms with Crippen molar-refractivity contribution in [3.63, 3.8) is 0 Å². The molecule has 110 valence electrons. The Bertz CT molecular complexity index is 455. The molecule has 0 radical (unpaired) electrons. The first-order valence-electron chi connectivity index (χ1n) is 7.53. The average Bonchev–Trinajstić information content (AvgIpc) is 2.43. The number of likely N-dealkylation sites (tertiary alicyclic amines) is 1. The van der Waals surface area contributed by atoms with Crippen molar-refractivity contribution < 1.29 is 9.90 Å². The number of hydrogen-bond donors (Lipinski definition) is 1. The first-order chi connectivity index (χ1) is 9.47. The van der Waals surface area contributed by atoms with E-state index in [0.29, 0.717) is 6.04 Å². The molecular weight excluding hydrogens is 250 g/mol. The average molecular weight is 275 g/mol. The van der Waals surface area contributed by atoms with Crippen LogP contribution in [0.15, 0.2) is 24.3 Å². The van der Waals surface area contributed by atoms with Gasteiger partial charge in [0, 0.05) is 19.1 Å². The van der Waals surface area contributed by atoms with Crippen LogP contribution in [0.2, 0.25) is 0 Å². The number of benzene rings is 1. The number of piperidine rings is 1. The van der Waals surface area contributed by atoms with Crippen molar-refractivity contribution >= 4 is 5.97 Å². The van der Waals surface area contributed by atoms with Crippen molar-refractivity contribution in [1.82, 2.24) is 4.90 Å². The first-order valence-corrected chi connectivity index (χ1v) is 7.53. The number of rotatable bonds is 4. The molecule has 1 N–H and O–H groups in total. The molecule has 0 bridgehead atoms. The molecule has 0 aliphatic carbocycles. The number of hydrogen-bond acceptors (Lipinski definition) is 2. The van der Waals surface area contributed by atoms with Crippen LogP contribution in [0.1, 0.15) is 50.7 Å². The van der Waals surface area contributed by atoms with E-state index in [1.165, 1.54) is 18.4 Å². The van der Waals surface area contributed by atoms with Crippen LogP contribution in [0.5, 0.6) is 0 Å². The molecule has 2 rings (SSSR count). The maximum absolute atomic E-state index is 11.0. The van der Waals surface area contributed by atoms with Crippen LogP contribution in [0.4, 0.5) is 0 Å². The van der Waals surface area contributed by atoms with E-state index in [1.54, 1.807) is 6.92 Å². The van der Waals surface area contributed by atoms with E-state index in [2.05, 4.69) is 30.9 Å². The Kier molecular flexibility index (Phi) is 4.81. The minimum absolute atomic E-state index is 0.432. The number of carbonyl (C=O) groups is 1. The van der Waals surface area contributed by atoms with Gasteiger partial charge in [0.05, 0.1) is 5.92 Å². The summed E-state index contributed by atoms with van der Waals surface area (Å²) in [5, 5.41) is 9.02. The Hall–Kier alpha value is -1.35. The van der Waals surface area contributed by atoms with Gasteiger partial charge in [-0.1, -0.05) is 31.2 Å². The molecule has 1 aromatic rings. The third-order valence-electron chi connectivity index (χ3n) is 4.48. The molecule has 1 aromatic carbocycles. The molecule has 3 nitrogen and oxygen atoms in total. The van der Waals surface area contributed by atoms with E-state index in [0.717, 1.165) is 24.6 Å². The van der Waals surface area contributed by atoms with Crippen LogP contribution >= 0.6 is 0 Å². The number of carboxylic acid groups (broad SMARTS) is 1. The molecule has 0 saturated carbocycles. The summed E-state index contributed by atoms with van der Waals surface area (Å²) >= 11 is 0. The minimum Gasteiger partial charge on any atom is -0.481 e. The number of aliphatic carboxylic acids is 1. The molecular formula is C17H25NO2. The van der Waals surface area contributed by atoms with Gasteiger partial charge in [-0.25, -0.2) is 0 Å². The standard InChI is InChI=1S/C17H25NO2/c1-12-4-5-13(2)18(10-12)11-15-6-8-16(9-7-15)14(3)17(19)20/h6-9,12-14H,4-5,10-11H2,1-3H3,(H,19,20). The third kappa shape index (κ3) is 3.60. The van der Waals surface area contributed by atoms with Gasteiger partial charge < -0.3 is 5.11 Å². The summed E-state index contributed by atoms with van der Waals surface area (Å²) in [5.41, 5.74) is 2.15. The SMILES string of the molecule is CC1CCC(C)N(Cc2ccc(C(C)C(=O)O)cc2)C1. The molecule has 1 aliphatic rings. The highest BCUT2D eigenvalue weighted by Crippen LogP contribution is 2.24. The topological polar surface area (TPSA) is 40.5 Å². The quantitative estimate of drug-likeness (QED) is 0.914. The van der Waals surface area contributed by atoms with Gasteiger partial charge in [0.2, 0.25) is 0 Å². The summed E-state index contributed by atoms with van der Waals surface area (Å²) in [7, 11) is 0. The summed E-state index contributed by atoms with van der Waals surface area (Å²) in [6, 6.07) is 8.68. The van der Waals surface area contributed by atoms with Crippen LogP contribution in [0.3, 0.4) is 0 Å². The molecule has 1 saturated heterocycles. The normalized spacial score (nSPS) is 25.4. The third-order valence-corrected chi connectivity index (χ3v) is 4.48. The van der Waals surface area contributed by atoms with Gasteiger partial charge in [-0.15, -0.1) is 0 Å². The predicted octanol–water partition coefficient (Wildman–Crippen LogP) is 3.50. The lowest BCUT2D eigenvalue weighted by molar-refractivity contribution is -0.138. The van der Waals surface area contributed by atoms with Crippen LogP contribution in [0.25, 0.3) is 0 Å². The lowest BCUT2D eigenvalue weighted by Crippen LogP contribution is -2.40. The number of carboxylic acids is 1. The molecule has 3 unspecified atom stereocenters. The van der Waals surface area contributed by atoms with E-state index >= 15 is 0 Å². The molecule has 0 spiro atoms. The first kappa shape index (κ1) is 15.0. The Labute approximate surface area is 121 Å². The summed E-state index contributed by atoms with van der Waals surface area (Å²) in [4.78, 5) is 13.5. The highest BCUT2D eigenvalue weighted by Gasteiger charge is 2.22. The van der Waals surface area contributed by atoms with E-state index in [9.17, 15) is 4.79 Å². The monoisotopic (exact) mass is 275 g/mol. The molecule has 3 atom stereocenters. The zero-order valence-corrected chi connectivity index (χ0v) is 12.7. The zero-order valence-electron chi connectivity index (χ0n) is 12.7. The molecule has 20 heavy (non-hydrogen) atoms. The lowest BCUT2D eigenvalue weighted by atomic mass is 9.94. The summed E-state index contributed by atoms with van der Waals surface area (Å²) in [6.45, 7) is 8.47. The van der Waals surface area contributed by atoms with Gasteiger partial charge in [-0.3, -0.25) is 9.69 Å². The summed E-state index contributed by atoms with van der Waals surface area (Å²) < 4.78 is 0. The minimum atomic E-state index is -0.767. The Morgan fingerprint density at radius 3 is 2.55 bits per heavy atom. The molecule has 1 fully saturated rings. The van der Waals surface area contributed by atoms with E-state index in [-0.39, 0.29) is 0 Å². The smallest absolute Gasteiger partial charge is 0.310 e. The van der Waals surface area contributed by atoms with Crippen molar-refractivity contribution in [1.29, 1.82) is 0 Å². The van der Waals surface area contributed by atoms with Crippen LogP contribution in [-0.2, 0) is 11.3 Å². The fourth-order valence-electron chi connectivity index (χ4n) is 2.89. The van der Waals surface area contributed by atoms with E-state index in [4.69, 9.17) is 5.11 Å². The van der Waals surface area contributed by atoms with Crippen LogP contribution < -0.4 is 0 Å². The fraction of sp³-hybridized carbons (Fsp3) is 0.588. The van der Waals surface area contributed by atoms with Crippen LogP contribution in [0, 0.1) is 5.92 Å². The maximum Gasteiger partial charge on any atom is 0.310 e. The summed E-state index contributed by atoms with van der Waals surface area (Å²) in [6.07, 6.45) is 2.60. The van der Waals surface area contributed by atoms with Gasteiger partial charge in [-0.05, 0) is 43.7 Å². The second-order valence-corrected chi connectivity index (χ2v) is 6.26. The second-order valence-electron chi connectivity index (χ2n) is 6.26. The van der Waals surface area contributed by atoms with Crippen molar-refractivity contribution in [2.45, 2.75) is 52.1 Å². The van der Waals surface area contributed by atoms with Crippen molar-refractivity contribution in [2.75, 3.05) is 6.54 Å². The molecule has 1 heterocycles. The predicted molar refractivity (Wildman–Crippen MR) is 80.8 cm³/mol. The maximum atomic E-state index is 11.0.